The first-order valence-corrected chi connectivity index (χ1v) is 6.69. The summed E-state index contributed by atoms with van der Waals surface area (Å²) >= 11 is 0. The van der Waals surface area contributed by atoms with Crippen molar-refractivity contribution in [3.8, 4) is 5.75 Å². The van der Waals surface area contributed by atoms with E-state index in [2.05, 4.69) is 5.32 Å². The van der Waals surface area contributed by atoms with Crippen molar-refractivity contribution in [3.05, 3.63) is 33.9 Å². The van der Waals surface area contributed by atoms with Gasteiger partial charge >= 0.3 is 5.69 Å². The Bertz CT molecular complexity index is 515. The van der Waals surface area contributed by atoms with E-state index in [-0.39, 0.29) is 22.9 Å². The van der Waals surface area contributed by atoms with Crippen LogP contribution in [0.4, 0.5) is 5.69 Å². The number of nitrogens with one attached hydrogen (secondary N) is 1. The highest BCUT2D eigenvalue weighted by Gasteiger charge is 2.19. The summed E-state index contributed by atoms with van der Waals surface area (Å²) < 4.78 is 5.41. The molecule has 0 saturated carbocycles. The van der Waals surface area contributed by atoms with E-state index < -0.39 is 4.92 Å². The second-order valence-corrected chi connectivity index (χ2v) is 5.10. The van der Waals surface area contributed by atoms with Crippen LogP contribution in [-0.2, 0) is 0 Å². The lowest BCUT2D eigenvalue weighted by Crippen LogP contribution is -2.27. The van der Waals surface area contributed by atoms with Crippen LogP contribution in [-0.4, -0.2) is 49.0 Å². The van der Waals surface area contributed by atoms with Crippen LogP contribution < -0.4 is 10.1 Å². The number of benzene rings is 1. The van der Waals surface area contributed by atoms with E-state index >= 15 is 0 Å². The molecule has 0 atom stereocenters. The van der Waals surface area contributed by atoms with Crippen molar-refractivity contribution >= 4 is 11.6 Å². The third-order valence-electron chi connectivity index (χ3n) is 2.72. The van der Waals surface area contributed by atoms with Gasteiger partial charge in [0.1, 0.15) is 6.61 Å². The van der Waals surface area contributed by atoms with Gasteiger partial charge in [-0.1, -0.05) is 13.8 Å². The second-order valence-electron chi connectivity index (χ2n) is 5.10. The minimum absolute atomic E-state index is 0.167. The van der Waals surface area contributed by atoms with Crippen molar-refractivity contribution in [1.82, 2.24) is 10.2 Å². The molecule has 21 heavy (non-hydrogen) atoms. The minimum atomic E-state index is -0.544. The first-order chi connectivity index (χ1) is 9.82. The van der Waals surface area contributed by atoms with Gasteiger partial charge in [-0.05, 0) is 12.1 Å². The Morgan fingerprint density at radius 3 is 2.62 bits per heavy atom. The van der Waals surface area contributed by atoms with Gasteiger partial charge in [-0.3, -0.25) is 14.9 Å². The molecule has 0 fully saturated rings. The Morgan fingerprint density at radius 1 is 1.43 bits per heavy atom. The lowest BCUT2D eigenvalue weighted by atomic mass is 10.1. The highest BCUT2D eigenvalue weighted by molar-refractivity contribution is 5.94. The number of hydrogen-bond acceptors (Lipinski definition) is 5. The van der Waals surface area contributed by atoms with E-state index in [1.165, 1.54) is 23.1 Å². The summed E-state index contributed by atoms with van der Waals surface area (Å²) in [4.78, 5) is 23.7. The average molecular weight is 295 g/mol. The molecule has 0 aromatic heterocycles. The van der Waals surface area contributed by atoms with E-state index in [1.807, 2.05) is 13.8 Å². The van der Waals surface area contributed by atoms with Gasteiger partial charge in [-0.15, -0.1) is 0 Å². The molecule has 0 aliphatic carbocycles. The molecule has 1 aromatic rings. The molecule has 0 aliphatic heterocycles. The van der Waals surface area contributed by atoms with Crippen molar-refractivity contribution in [3.63, 3.8) is 0 Å². The maximum atomic E-state index is 11.8. The second kappa shape index (κ2) is 7.58. The first-order valence-electron chi connectivity index (χ1n) is 6.69. The monoisotopic (exact) mass is 295 g/mol. The van der Waals surface area contributed by atoms with Crippen LogP contribution in [0.3, 0.4) is 0 Å². The lowest BCUT2D eigenvalue weighted by Gasteiger charge is -2.12. The molecule has 1 N–H and O–H groups in total. The number of carbonyl (C=O) groups excluding carboxylic acids is 1. The summed E-state index contributed by atoms with van der Waals surface area (Å²) in [6.45, 7) is 4.92. The van der Waals surface area contributed by atoms with Crippen molar-refractivity contribution < 1.29 is 14.5 Å². The van der Waals surface area contributed by atoms with E-state index in [1.54, 1.807) is 14.1 Å². The van der Waals surface area contributed by atoms with Crippen LogP contribution in [0.25, 0.3) is 0 Å². The van der Waals surface area contributed by atoms with Crippen LogP contribution in [0.15, 0.2) is 18.2 Å². The Balaban J connectivity index is 2.85. The predicted octanol–water partition coefficient (Wildman–Crippen LogP) is 1.67. The highest BCUT2D eigenvalue weighted by Crippen LogP contribution is 2.28. The molecule has 0 heterocycles. The Hall–Kier alpha value is -2.15. The minimum Gasteiger partial charge on any atom is -0.485 e. The molecular formula is C14H21N3O4. The summed E-state index contributed by atoms with van der Waals surface area (Å²) in [5, 5.41) is 14.2. The number of nitro benzene ring substituents is 1. The molecule has 0 saturated heterocycles. The summed E-state index contributed by atoms with van der Waals surface area (Å²) in [6, 6.07) is 4.56. The van der Waals surface area contributed by atoms with E-state index in [0.717, 1.165) is 0 Å². The summed E-state index contributed by atoms with van der Waals surface area (Å²) in [7, 11) is 3.19. The fourth-order valence-electron chi connectivity index (χ4n) is 1.68. The van der Waals surface area contributed by atoms with Crippen LogP contribution in [0, 0.1) is 10.1 Å². The van der Waals surface area contributed by atoms with Crippen molar-refractivity contribution in [1.29, 1.82) is 0 Å². The third-order valence-corrected chi connectivity index (χ3v) is 2.72. The van der Waals surface area contributed by atoms with Gasteiger partial charge in [0.05, 0.1) is 4.92 Å². The summed E-state index contributed by atoms with van der Waals surface area (Å²) in [6.07, 6.45) is 0. The largest absolute Gasteiger partial charge is 0.485 e. The highest BCUT2D eigenvalue weighted by atomic mass is 16.6. The molecule has 116 valence electrons. The molecule has 0 radical (unpaired) electrons. The van der Waals surface area contributed by atoms with Crippen LogP contribution in [0.1, 0.15) is 24.2 Å². The molecule has 0 bridgehead atoms. The quantitative estimate of drug-likeness (QED) is 0.470. The average Bonchev–Trinajstić information content (AvgIpc) is 2.42. The number of nitro groups is 1. The lowest BCUT2D eigenvalue weighted by molar-refractivity contribution is -0.385. The zero-order valence-electron chi connectivity index (χ0n) is 12.8. The Kier molecular flexibility index (Phi) is 6.10. The Morgan fingerprint density at radius 2 is 2.10 bits per heavy atom. The zero-order chi connectivity index (χ0) is 16.0. The first kappa shape index (κ1) is 16.9. The molecule has 7 heteroatoms. The predicted molar refractivity (Wildman–Crippen MR) is 79.7 cm³/mol. The topological polar surface area (TPSA) is 84.7 Å². The molecule has 7 nitrogen and oxygen atoms in total. The Labute approximate surface area is 124 Å². The fraction of sp³-hybridized carbons (Fsp3) is 0.500. The van der Waals surface area contributed by atoms with Gasteiger partial charge in [-0.25, -0.2) is 0 Å². The van der Waals surface area contributed by atoms with Gasteiger partial charge in [-0.2, -0.15) is 0 Å². The van der Waals surface area contributed by atoms with Crippen LogP contribution >= 0.6 is 0 Å². The van der Waals surface area contributed by atoms with E-state index in [0.29, 0.717) is 19.2 Å². The van der Waals surface area contributed by atoms with Crippen LogP contribution in [0.5, 0.6) is 5.75 Å². The molecule has 0 unspecified atom stereocenters. The molecule has 1 aromatic carbocycles. The summed E-state index contributed by atoms with van der Waals surface area (Å²) in [5.41, 5.74) is 0.0617. The molecule has 0 aliphatic rings. The maximum Gasteiger partial charge on any atom is 0.311 e. The number of hydrogen-bond donors (Lipinski definition) is 1. The van der Waals surface area contributed by atoms with E-state index in [4.69, 9.17) is 4.74 Å². The fourth-order valence-corrected chi connectivity index (χ4v) is 1.68. The van der Waals surface area contributed by atoms with Gasteiger partial charge in [0.2, 0.25) is 0 Å². The number of carbonyl (C=O) groups is 1. The molecule has 0 spiro atoms. The van der Waals surface area contributed by atoms with Crippen molar-refractivity contribution in [2.75, 3.05) is 27.2 Å². The van der Waals surface area contributed by atoms with Crippen molar-refractivity contribution in [2.45, 2.75) is 19.9 Å². The standard InChI is InChI=1S/C14H21N3O4/c1-10(2)15-7-8-21-13-6-5-11(14(18)16(3)4)9-12(13)17(19)20/h5-6,9-10,15H,7-8H2,1-4H3. The zero-order valence-corrected chi connectivity index (χ0v) is 12.8. The van der Waals surface area contributed by atoms with Gasteiger partial charge in [0.15, 0.2) is 5.75 Å². The van der Waals surface area contributed by atoms with Crippen LogP contribution in [0.2, 0.25) is 0 Å². The van der Waals surface area contributed by atoms with E-state index in [9.17, 15) is 14.9 Å². The number of nitrogens with zero attached hydrogens (tertiary/aromatic N) is 2. The molecule has 1 rings (SSSR count). The van der Waals surface area contributed by atoms with Gasteiger partial charge in [0.25, 0.3) is 5.91 Å². The normalized spacial score (nSPS) is 10.5. The van der Waals surface area contributed by atoms with Crippen molar-refractivity contribution in [2.24, 2.45) is 0 Å². The van der Waals surface area contributed by atoms with Gasteiger partial charge in [0, 0.05) is 38.3 Å². The molecular weight excluding hydrogens is 274 g/mol. The molecule has 1 amide bonds. The number of amides is 1. The summed E-state index contributed by atoms with van der Waals surface area (Å²) in [5.74, 6) is -0.119. The third kappa shape index (κ3) is 5.03. The smallest absolute Gasteiger partial charge is 0.311 e. The SMILES string of the molecule is CC(C)NCCOc1ccc(C(=O)N(C)C)cc1[N+](=O)[O-]. The number of rotatable bonds is 7. The van der Waals surface area contributed by atoms with Gasteiger partial charge < -0.3 is 15.0 Å². The number of ether oxygens (including phenoxy) is 1. The maximum absolute atomic E-state index is 11.8.